The lowest BCUT2D eigenvalue weighted by atomic mass is 9.96. The number of amides is 1. The van der Waals surface area contributed by atoms with E-state index in [9.17, 15) is 4.79 Å². The van der Waals surface area contributed by atoms with E-state index in [1.165, 1.54) is 0 Å². The molecule has 3 rings (SSSR count). The van der Waals surface area contributed by atoms with Gasteiger partial charge >= 0.3 is 0 Å². The predicted octanol–water partition coefficient (Wildman–Crippen LogP) is 4.35. The number of likely N-dealkylation sites (tertiary alicyclic amines) is 1. The van der Waals surface area contributed by atoms with E-state index in [2.05, 4.69) is 27.8 Å². The van der Waals surface area contributed by atoms with E-state index >= 15 is 0 Å². The Bertz CT molecular complexity index is 737. The molecule has 0 bridgehead atoms. The fourth-order valence-corrected chi connectivity index (χ4v) is 3.14. The van der Waals surface area contributed by atoms with Crippen molar-refractivity contribution in [1.82, 2.24) is 4.90 Å². The number of piperidine rings is 1. The van der Waals surface area contributed by atoms with Gasteiger partial charge in [-0.25, -0.2) is 0 Å². The maximum Gasteiger partial charge on any atom is 0.253 e. The van der Waals surface area contributed by atoms with Crippen LogP contribution < -0.4 is 0 Å². The van der Waals surface area contributed by atoms with Crippen LogP contribution in [0, 0.1) is 17.8 Å². The molecule has 1 fully saturated rings. The lowest BCUT2D eigenvalue weighted by molar-refractivity contribution is 0.0708. The first kappa shape index (κ1) is 15.8. The van der Waals surface area contributed by atoms with Crippen LogP contribution in [0.25, 0.3) is 0 Å². The molecule has 1 aliphatic heterocycles. The first-order valence-corrected chi connectivity index (χ1v) is 8.63. The Hall–Kier alpha value is -2.05. The van der Waals surface area contributed by atoms with E-state index in [1.54, 1.807) is 0 Å². The number of carbonyl (C=O) groups excluding carboxylic acids is 1. The van der Waals surface area contributed by atoms with Crippen LogP contribution in [0.3, 0.4) is 0 Å². The zero-order valence-electron chi connectivity index (χ0n) is 12.8. The van der Waals surface area contributed by atoms with Crippen molar-refractivity contribution in [2.45, 2.75) is 12.8 Å². The van der Waals surface area contributed by atoms with Crippen molar-refractivity contribution in [3.8, 4) is 11.8 Å². The summed E-state index contributed by atoms with van der Waals surface area (Å²) in [4.78, 5) is 14.3. The van der Waals surface area contributed by atoms with Gasteiger partial charge in [0, 0.05) is 34.6 Å². The zero-order chi connectivity index (χ0) is 16.1. The molecule has 0 saturated carbocycles. The number of nitrogens with zero attached hydrogens (tertiary/aromatic N) is 1. The van der Waals surface area contributed by atoms with Crippen LogP contribution in [-0.2, 0) is 0 Å². The summed E-state index contributed by atoms with van der Waals surface area (Å²) >= 11 is 3.46. The minimum absolute atomic E-state index is 0.129. The minimum atomic E-state index is 0.129. The average Bonchev–Trinajstić information content (AvgIpc) is 2.61. The highest BCUT2D eigenvalue weighted by atomic mass is 79.9. The molecule has 0 aliphatic carbocycles. The van der Waals surface area contributed by atoms with Crippen molar-refractivity contribution in [2.75, 3.05) is 13.1 Å². The number of benzene rings is 2. The molecule has 1 heterocycles. The molecule has 0 N–H and O–H groups in total. The molecule has 1 saturated heterocycles. The van der Waals surface area contributed by atoms with Gasteiger partial charge in [0.1, 0.15) is 0 Å². The molecule has 116 valence electrons. The molecule has 2 aromatic carbocycles. The average molecular weight is 368 g/mol. The van der Waals surface area contributed by atoms with Crippen LogP contribution in [0.2, 0.25) is 0 Å². The number of hydrogen-bond acceptors (Lipinski definition) is 1. The maximum absolute atomic E-state index is 12.4. The lowest BCUT2D eigenvalue weighted by Crippen LogP contribution is -2.38. The van der Waals surface area contributed by atoms with Gasteiger partial charge in [-0.2, -0.15) is 0 Å². The van der Waals surface area contributed by atoms with E-state index in [1.807, 2.05) is 59.5 Å². The van der Waals surface area contributed by atoms with Crippen LogP contribution >= 0.6 is 15.9 Å². The summed E-state index contributed by atoms with van der Waals surface area (Å²) < 4.78 is 1.05. The normalized spacial score (nSPS) is 14.9. The highest BCUT2D eigenvalue weighted by molar-refractivity contribution is 9.10. The first-order chi connectivity index (χ1) is 11.2. The Labute approximate surface area is 145 Å². The largest absolute Gasteiger partial charge is 0.339 e. The van der Waals surface area contributed by atoms with Gasteiger partial charge in [0.15, 0.2) is 0 Å². The molecule has 23 heavy (non-hydrogen) atoms. The number of hydrogen-bond donors (Lipinski definition) is 0. The molecule has 0 aromatic heterocycles. The Morgan fingerprint density at radius 1 is 1.04 bits per heavy atom. The summed E-state index contributed by atoms with van der Waals surface area (Å²) in [5.41, 5.74) is 1.80. The van der Waals surface area contributed by atoms with E-state index < -0.39 is 0 Å². The van der Waals surface area contributed by atoms with Gasteiger partial charge in [0.05, 0.1) is 0 Å². The maximum atomic E-state index is 12.4. The van der Waals surface area contributed by atoms with Crippen molar-refractivity contribution < 1.29 is 4.79 Å². The van der Waals surface area contributed by atoms with Gasteiger partial charge in [0.2, 0.25) is 0 Å². The molecule has 0 unspecified atom stereocenters. The summed E-state index contributed by atoms with van der Waals surface area (Å²) in [5, 5.41) is 0. The minimum Gasteiger partial charge on any atom is -0.339 e. The molecule has 0 atom stereocenters. The first-order valence-electron chi connectivity index (χ1n) is 7.84. The third-order valence-electron chi connectivity index (χ3n) is 4.05. The van der Waals surface area contributed by atoms with Gasteiger partial charge in [-0.3, -0.25) is 4.79 Å². The fraction of sp³-hybridized carbons (Fsp3) is 0.250. The molecule has 0 radical (unpaired) electrons. The summed E-state index contributed by atoms with van der Waals surface area (Å²) in [5.74, 6) is 7.10. The van der Waals surface area contributed by atoms with Crippen LogP contribution in [0.5, 0.6) is 0 Å². The molecule has 2 nitrogen and oxygen atoms in total. The molecular formula is C20H18BrNO. The smallest absolute Gasteiger partial charge is 0.253 e. The van der Waals surface area contributed by atoms with E-state index in [0.29, 0.717) is 5.92 Å². The Kier molecular flexibility index (Phi) is 5.15. The SMILES string of the molecule is O=C(c1ccccc1)N1CCC(C#Cc2cccc(Br)c2)CC1. The van der Waals surface area contributed by atoms with Crippen molar-refractivity contribution in [1.29, 1.82) is 0 Å². The highest BCUT2D eigenvalue weighted by Gasteiger charge is 2.22. The molecule has 0 spiro atoms. The molecule has 2 aromatic rings. The summed E-state index contributed by atoms with van der Waals surface area (Å²) in [6, 6.07) is 17.5. The van der Waals surface area contributed by atoms with Gasteiger partial charge in [-0.15, -0.1) is 0 Å². The fourth-order valence-electron chi connectivity index (χ4n) is 2.74. The van der Waals surface area contributed by atoms with Crippen molar-refractivity contribution in [2.24, 2.45) is 5.92 Å². The predicted molar refractivity (Wildman–Crippen MR) is 96.1 cm³/mol. The van der Waals surface area contributed by atoms with E-state index in [4.69, 9.17) is 0 Å². The lowest BCUT2D eigenvalue weighted by Gasteiger charge is -2.29. The number of carbonyl (C=O) groups is 1. The van der Waals surface area contributed by atoms with E-state index in [-0.39, 0.29) is 5.91 Å². The van der Waals surface area contributed by atoms with Crippen LogP contribution in [0.4, 0.5) is 0 Å². The number of rotatable bonds is 1. The Morgan fingerprint density at radius 2 is 1.78 bits per heavy atom. The standard InChI is InChI=1S/C20H18BrNO/c21-19-8-4-5-17(15-19)10-9-16-11-13-22(14-12-16)20(23)18-6-2-1-3-7-18/h1-8,15-16H,11-14H2. The van der Waals surface area contributed by atoms with Crippen molar-refractivity contribution in [3.05, 3.63) is 70.2 Å². The monoisotopic (exact) mass is 367 g/mol. The Morgan fingerprint density at radius 3 is 2.48 bits per heavy atom. The summed E-state index contributed by atoms with van der Waals surface area (Å²) in [6.07, 6.45) is 1.89. The second kappa shape index (κ2) is 7.48. The topological polar surface area (TPSA) is 20.3 Å². The molecule has 3 heteroatoms. The number of halogens is 1. The summed E-state index contributed by atoms with van der Waals surface area (Å²) in [6.45, 7) is 1.57. The van der Waals surface area contributed by atoms with Crippen LogP contribution in [0.1, 0.15) is 28.8 Å². The molecule has 1 amide bonds. The second-order valence-electron chi connectivity index (χ2n) is 5.71. The van der Waals surface area contributed by atoms with Crippen LogP contribution in [0.15, 0.2) is 59.1 Å². The van der Waals surface area contributed by atoms with Gasteiger partial charge in [-0.1, -0.05) is 52.0 Å². The highest BCUT2D eigenvalue weighted by Crippen LogP contribution is 2.19. The van der Waals surface area contributed by atoms with Crippen molar-refractivity contribution in [3.63, 3.8) is 0 Å². The molecular weight excluding hydrogens is 350 g/mol. The summed E-state index contributed by atoms with van der Waals surface area (Å²) in [7, 11) is 0. The molecule has 1 aliphatic rings. The zero-order valence-corrected chi connectivity index (χ0v) is 14.4. The van der Waals surface area contributed by atoms with Crippen molar-refractivity contribution >= 4 is 21.8 Å². The van der Waals surface area contributed by atoms with Gasteiger partial charge in [0.25, 0.3) is 5.91 Å². The third kappa shape index (κ3) is 4.24. The van der Waals surface area contributed by atoms with Gasteiger partial charge < -0.3 is 4.90 Å². The second-order valence-corrected chi connectivity index (χ2v) is 6.63. The third-order valence-corrected chi connectivity index (χ3v) is 4.54. The Balaban J connectivity index is 1.58. The van der Waals surface area contributed by atoms with E-state index in [0.717, 1.165) is 41.5 Å². The van der Waals surface area contributed by atoms with Gasteiger partial charge in [-0.05, 0) is 43.2 Å². The van der Waals surface area contributed by atoms with Crippen LogP contribution in [-0.4, -0.2) is 23.9 Å². The quantitative estimate of drug-likeness (QED) is 0.686.